The molecule has 3 heteroatoms. The largest absolute Gasteiger partial charge is 0.349 e. The molecule has 106 valence electrons. The third-order valence-corrected chi connectivity index (χ3v) is 3.27. The predicted molar refractivity (Wildman–Crippen MR) is 82.0 cm³/mol. The quantitative estimate of drug-likeness (QED) is 0.656. The maximum atomic E-state index is 11.9. The van der Waals surface area contributed by atoms with E-state index in [1.807, 2.05) is 44.2 Å². The van der Waals surface area contributed by atoms with Crippen molar-refractivity contribution >= 4 is 12.0 Å². The molecule has 0 saturated carbocycles. The van der Waals surface area contributed by atoms with Crippen LogP contribution in [0.15, 0.2) is 29.8 Å². The van der Waals surface area contributed by atoms with Crippen LogP contribution in [0.2, 0.25) is 0 Å². The summed E-state index contributed by atoms with van der Waals surface area (Å²) in [7, 11) is 0. The Morgan fingerprint density at radius 2 is 1.90 bits per heavy atom. The average Bonchev–Trinajstić information content (AvgIpc) is 2.44. The zero-order valence-electron chi connectivity index (χ0n) is 12.6. The molecule has 0 aromatic heterocycles. The van der Waals surface area contributed by atoms with Crippen molar-refractivity contribution in [2.75, 3.05) is 0 Å². The lowest BCUT2D eigenvalue weighted by molar-refractivity contribution is -0.117. The SMILES string of the molecule is CC[C@H](C)NC(=O)/C(C#N)=C/c1ccc(C(C)C)cc1. The van der Waals surface area contributed by atoms with E-state index >= 15 is 0 Å². The van der Waals surface area contributed by atoms with E-state index in [0.29, 0.717) is 5.92 Å². The van der Waals surface area contributed by atoms with Crippen molar-refractivity contribution in [3.63, 3.8) is 0 Å². The van der Waals surface area contributed by atoms with Crippen molar-refractivity contribution in [3.05, 3.63) is 41.0 Å². The van der Waals surface area contributed by atoms with Gasteiger partial charge in [0.2, 0.25) is 0 Å². The van der Waals surface area contributed by atoms with Gasteiger partial charge in [0.1, 0.15) is 11.6 Å². The summed E-state index contributed by atoms with van der Waals surface area (Å²) in [5.74, 6) is 0.159. The summed E-state index contributed by atoms with van der Waals surface area (Å²) >= 11 is 0. The second kappa shape index (κ2) is 7.49. The Hall–Kier alpha value is -2.08. The zero-order chi connectivity index (χ0) is 15.1. The van der Waals surface area contributed by atoms with Crippen molar-refractivity contribution in [3.8, 4) is 6.07 Å². The fourth-order valence-corrected chi connectivity index (χ4v) is 1.70. The minimum Gasteiger partial charge on any atom is -0.349 e. The molecule has 20 heavy (non-hydrogen) atoms. The molecule has 0 aliphatic rings. The summed E-state index contributed by atoms with van der Waals surface area (Å²) in [4.78, 5) is 11.9. The summed E-state index contributed by atoms with van der Waals surface area (Å²) in [5, 5.41) is 11.9. The summed E-state index contributed by atoms with van der Waals surface area (Å²) in [6.45, 7) is 8.17. The van der Waals surface area contributed by atoms with Crippen molar-refractivity contribution in [1.82, 2.24) is 5.32 Å². The highest BCUT2D eigenvalue weighted by Crippen LogP contribution is 2.16. The van der Waals surface area contributed by atoms with Crippen LogP contribution in [0.4, 0.5) is 0 Å². The Bertz CT molecular complexity index is 521. The van der Waals surface area contributed by atoms with Crippen LogP contribution < -0.4 is 5.32 Å². The van der Waals surface area contributed by atoms with Crippen molar-refractivity contribution in [2.24, 2.45) is 0 Å². The van der Waals surface area contributed by atoms with Crippen molar-refractivity contribution in [1.29, 1.82) is 5.26 Å². The smallest absolute Gasteiger partial charge is 0.262 e. The van der Waals surface area contributed by atoms with E-state index in [9.17, 15) is 4.79 Å². The molecule has 1 aromatic carbocycles. The van der Waals surface area contributed by atoms with Crippen molar-refractivity contribution in [2.45, 2.75) is 46.1 Å². The van der Waals surface area contributed by atoms with Gasteiger partial charge in [0.15, 0.2) is 0 Å². The maximum absolute atomic E-state index is 11.9. The summed E-state index contributed by atoms with van der Waals surface area (Å²) in [6, 6.07) is 9.96. The van der Waals surface area contributed by atoms with Crippen LogP contribution >= 0.6 is 0 Å². The molecule has 1 rings (SSSR count). The van der Waals surface area contributed by atoms with E-state index in [0.717, 1.165) is 12.0 Å². The van der Waals surface area contributed by atoms with Gasteiger partial charge >= 0.3 is 0 Å². The van der Waals surface area contributed by atoms with Gasteiger partial charge in [0.05, 0.1) is 0 Å². The number of nitriles is 1. The topological polar surface area (TPSA) is 52.9 Å². The third-order valence-electron chi connectivity index (χ3n) is 3.27. The van der Waals surface area contributed by atoms with Gasteiger partial charge < -0.3 is 5.32 Å². The van der Waals surface area contributed by atoms with E-state index in [2.05, 4.69) is 19.2 Å². The lowest BCUT2D eigenvalue weighted by Gasteiger charge is -2.10. The summed E-state index contributed by atoms with van der Waals surface area (Å²) in [5.41, 5.74) is 2.25. The highest BCUT2D eigenvalue weighted by Gasteiger charge is 2.11. The lowest BCUT2D eigenvalue weighted by Crippen LogP contribution is -2.32. The normalized spacial score (nSPS) is 12.9. The first-order valence-electron chi connectivity index (χ1n) is 7.00. The number of nitrogens with zero attached hydrogens (tertiary/aromatic N) is 1. The Balaban J connectivity index is 2.89. The summed E-state index contributed by atoms with van der Waals surface area (Å²) in [6.07, 6.45) is 2.47. The van der Waals surface area contributed by atoms with Crippen molar-refractivity contribution < 1.29 is 4.79 Å². The molecular formula is C17H22N2O. The number of carbonyl (C=O) groups is 1. The van der Waals surface area contributed by atoms with Crippen LogP contribution in [0.3, 0.4) is 0 Å². The Kier molecular flexibility index (Phi) is 5.99. The molecule has 1 N–H and O–H groups in total. The minimum atomic E-state index is -0.310. The standard InChI is InChI=1S/C17H22N2O/c1-5-13(4)19-17(20)16(11-18)10-14-6-8-15(9-7-14)12(2)3/h6-10,12-13H,5H2,1-4H3,(H,19,20)/b16-10+/t13-/m0/s1. The monoisotopic (exact) mass is 270 g/mol. The maximum Gasteiger partial charge on any atom is 0.262 e. The van der Waals surface area contributed by atoms with Gasteiger partial charge in [-0.25, -0.2) is 0 Å². The predicted octanol–water partition coefficient (Wildman–Crippen LogP) is 3.63. The van der Waals surface area contributed by atoms with E-state index in [1.54, 1.807) is 6.08 Å². The molecule has 0 saturated heterocycles. The van der Waals surface area contributed by atoms with Crippen LogP contribution in [0.25, 0.3) is 6.08 Å². The number of benzene rings is 1. The van der Waals surface area contributed by atoms with Crippen LogP contribution in [0, 0.1) is 11.3 Å². The minimum absolute atomic E-state index is 0.0718. The van der Waals surface area contributed by atoms with E-state index in [4.69, 9.17) is 5.26 Å². The first-order chi connectivity index (χ1) is 9.47. The van der Waals surface area contributed by atoms with Gasteiger partial charge in [-0.2, -0.15) is 5.26 Å². The number of hydrogen-bond acceptors (Lipinski definition) is 2. The third kappa shape index (κ3) is 4.55. The van der Waals surface area contributed by atoms with Gasteiger partial charge in [0.25, 0.3) is 5.91 Å². The molecule has 0 unspecified atom stereocenters. The zero-order valence-corrected chi connectivity index (χ0v) is 12.6. The number of hydrogen-bond donors (Lipinski definition) is 1. The molecule has 0 spiro atoms. The highest BCUT2D eigenvalue weighted by atomic mass is 16.1. The van der Waals surface area contributed by atoms with Gasteiger partial charge in [-0.05, 0) is 36.5 Å². The molecule has 1 amide bonds. The fraction of sp³-hybridized carbons (Fsp3) is 0.412. The number of amides is 1. The fourth-order valence-electron chi connectivity index (χ4n) is 1.70. The van der Waals surface area contributed by atoms with E-state index < -0.39 is 0 Å². The van der Waals surface area contributed by atoms with Crippen LogP contribution in [-0.2, 0) is 4.79 Å². The highest BCUT2D eigenvalue weighted by molar-refractivity contribution is 6.01. The first-order valence-corrected chi connectivity index (χ1v) is 7.00. The lowest BCUT2D eigenvalue weighted by atomic mass is 10.0. The first kappa shape index (κ1) is 16.0. The number of carbonyl (C=O) groups excluding carboxylic acids is 1. The molecular weight excluding hydrogens is 248 g/mol. The van der Waals surface area contributed by atoms with Gasteiger partial charge in [0, 0.05) is 6.04 Å². The molecule has 0 aliphatic heterocycles. The Labute approximate surface area is 121 Å². The molecule has 0 fully saturated rings. The van der Waals surface area contributed by atoms with Gasteiger partial charge in [-0.15, -0.1) is 0 Å². The second-order valence-corrected chi connectivity index (χ2v) is 5.27. The molecule has 0 heterocycles. The van der Waals surface area contributed by atoms with E-state index in [1.165, 1.54) is 5.56 Å². The average molecular weight is 270 g/mol. The molecule has 1 aromatic rings. The molecule has 0 aliphatic carbocycles. The molecule has 1 atom stereocenters. The number of nitrogens with one attached hydrogen (secondary N) is 1. The van der Waals surface area contributed by atoms with E-state index in [-0.39, 0.29) is 17.5 Å². The molecule has 3 nitrogen and oxygen atoms in total. The molecule has 0 radical (unpaired) electrons. The molecule has 0 bridgehead atoms. The van der Waals surface area contributed by atoms with Crippen LogP contribution in [0.1, 0.15) is 51.2 Å². The number of rotatable bonds is 5. The van der Waals surface area contributed by atoms with Gasteiger partial charge in [-0.3, -0.25) is 4.79 Å². The van der Waals surface area contributed by atoms with Crippen LogP contribution in [0.5, 0.6) is 0 Å². The van der Waals surface area contributed by atoms with Crippen LogP contribution in [-0.4, -0.2) is 11.9 Å². The second-order valence-electron chi connectivity index (χ2n) is 5.27. The van der Waals surface area contributed by atoms with Gasteiger partial charge in [-0.1, -0.05) is 45.0 Å². The summed E-state index contributed by atoms with van der Waals surface area (Å²) < 4.78 is 0. The Morgan fingerprint density at radius 3 is 2.35 bits per heavy atom. The Morgan fingerprint density at radius 1 is 1.30 bits per heavy atom.